The van der Waals surface area contributed by atoms with Crippen molar-refractivity contribution in [2.75, 3.05) is 11.9 Å². The molecule has 4 rings (SSSR count). The zero-order valence-corrected chi connectivity index (χ0v) is 15.1. The average molecular weight is 360 g/mol. The van der Waals surface area contributed by atoms with Gasteiger partial charge in [-0.05, 0) is 37.6 Å². The predicted molar refractivity (Wildman–Crippen MR) is 99.9 cm³/mol. The van der Waals surface area contributed by atoms with Crippen LogP contribution in [0.4, 0.5) is 11.5 Å². The normalized spacial score (nSPS) is 17.0. The van der Waals surface area contributed by atoms with Gasteiger partial charge >= 0.3 is 0 Å². The smallest absolute Gasteiger partial charge is 0.148 e. The highest BCUT2D eigenvalue weighted by Gasteiger charge is 2.27. The van der Waals surface area contributed by atoms with Crippen molar-refractivity contribution in [3.05, 3.63) is 60.1 Å². The molecule has 0 aromatic carbocycles. The molecule has 8 nitrogen and oxygen atoms in total. The van der Waals surface area contributed by atoms with Gasteiger partial charge in [0, 0.05) is 19.8 Å². The Morgan fingerprint density at radius 2 is 2.11 bits per heavy atom. The highest BCUT2D eigenvalue weighted by atomic mass is 15.3. The number of aryl methyl sites for hydroxylation is 1. The molecule has 8 heteroatoms. The van der Waals surface area contributed by atoms with Crippen LogP contribution in [0.3, 0.4) is 0 Å². The molecule has 1 aliphatic rings. The van der Waals surface area contributed by atoms with E-state index in [0.29, 0.717) is 11.5 Å². The first kappa shape index (κ1) is 17.1. The van der Waals surface area contributed by atoms with Crippen LogP contribution in [0.5, 0.6) is 0 Å². The van der Waals surface area contributed by atoms with Crippen molar-refractivity contribution < 1.29 is 0 Å². The predicted octanol–water partition coefficient (Wildman–Crippen LogP) is 2.56. The number of nitriles is 1. The van der Waals surface area contributed by atoms with Gasteiger partial charge in [-0.15, -0.1) is 0 Å². The van der Waals surface area contributed by atoms with Crippen LogP contribution in [-0.2, 0) is 13.6 Å². The van der Waals surface area contributed by atoms with E-state index in [1.54, 1.807) is 24.5 Å². The van der Waals surface area contributed by atoms with Crippen LogP contribution in [-0.4, -0.2) is 36.2 Å². The Bertz CT molecular complexity index is 939. The highest BCUT2D eigenvalue weighted by Crippen LogP contribution is 2.31. The molecule has 1 saturated heterocycles. The van der Waals surface area contributed by atoms with Gasteiger partial charge in [-0.3, -0.25) is 14.6 Å². The van der Waals surface area contributed by atoms with Crippen LogP contribution >= 0.6 is 0 Å². The lowest BCUT2D eigenvalue weighted by Gasteiger charge is -2.22. The third-order valence-corrected chi connectivity index (χ3v) is 4.66. The third-order valence-electron chi connectivity index (χ3n) is 4.66. The van der Waals surface area contributed by atoms with Crippen LogP contribution in [0.15, 0.2) is 43.0 Å². The summed E-state index contributed by atoms with van der Waals surface area (Å²) < 4.78 is 1.83. The average Bonchev–Trinajstić information content (AvgIpc) is 3.32. The SMILES string of the molecule is Cn1ccc(CN2CCC[C@@H]2c2cnc(Nc3ccc(C#N)nc3)cn2)n1. The van der Waals surface area contributed by atoms with E-state index in [4.69, 9.17) is 5.26 Å². The Morgan fingerprint density at radius 3 is 2.78 bits per heavy atom. The first-order chi connectivity index (χ1) is 13.2. The first-order valence-electron chi connectivity index (χ1n) is 8.89. The van der Waals surface area contributed by atoms with Crippen molar-refractivity contribution in [2.45, 2.75) is 25.4 Å². The van der Waals surface area contributed by atoms with Crippen LogP contribution in [0.25, 0.3) is 0 Å². The second-order valence-corrected chi connectivity index (χ2v) is 6.60. The van der Waals surface area contributed by atoms with E-state index in [1.807, 2.05) is 30.2 Å². The lowest BCUT2D eigenvalue weighted by Crippen LogP contribution is -2.24. The lowest BCUT2D eigenvalue weighted by atomic mass is 10.1. The van der Waals surface area contributed by atoms with Crippen molar-refractivity contribution in [2.24, 2.45) is 7.05 Å². The van der Waals surface area contributed by atoms with Gasteiger partial charge < -0.3 is 5.32 Å². The van der Waals surface area contributed by atoms with Gasteiger partial charge in [-0.1, -0.05) is 0 Å². The van der Waals surface area contributed by atoms with E-state index in [-0.39, 0.29) is 6.04 Å². The zero-order valence-electron chi connectivity index (χ0n) is 15.1. The maximum absolute atomic E-state index is 8.80. The fraction of sp³-hybridized carbons (Fsp3) is 0.316. The number of hydrogen-bond acceptors (Lipinski definition) is 7. The van der Waals surface area contributed by atoms with E-state index >= 15 is 0 Å². The molecule has 0 bridgehead atoms. The monoisotopic (exact) mass is 360 g/mol. The molecule has 0 aliphatic carbocycles. The van der Waals surface area contributed by atoms with E-state index in [1.165, 1.54) is 0 Å². The van der Waals surface area contributed by atoms with E-state index in [2.05, 4.69) is 36.3 Å². The Labute approximate surface area is 157 Å². The summed E-state index contributed by atoms with van der Waals surface area (Å²) in [5, 5.41) is 16.4. The Hall–Kier alpha value is -3.31. The number of nitrogens with one attached hydrogen (secondary N) is 1. The largest absolute Gasteiger partial charge is 0.338 e. The highest BCUT2D eigenvalue weighted by molar-refractivity contribution is 5.54. The molecule has 1 aliphatic heterocycles. The Kier molecular flexibility index (Phi) is 4.77. The molecule has 3 aromatic heterocycles. The summed E-state index contributed by atoms with van der Waals surface area (Å²) in [4.78, 5) is 15.6. The summed E-state index contributed by atoms with van der Waals surface area (Å²) in [5.74, 6) is 0.652. The van der Waals surface area contributed by atoms with Gasteiger partial charge in [-0.25, -0.2) is 9.97 Å². The van der Waals surface area contributed by atoms with Gasteiger partial charge in [0.25, 0.3) is 0 Å². The molecular formula is C19H20N8. The first-order valence-corrected chi connectivity index (χ1v) is 8.89. The van der Waals surface area contributed by atoms with Crippen molar-refractivity contribution in [3.8, 4) is 6.07 Å². The number of anilines is 2. The summed E-state index contributed by atoms with van der Waals surface area (Å²) in [7, 11) is 1.94. The summed E-state index contributed by atoms with van der Waals surface area (Å²) in [6.45, 7) is 1.87. The number of rotatable bonds is 5. The van der Waals surface area contributed by atoms with E-state index < -0.39 is 0 Å². The van der Waals surface area contributed by atoms with Gasteiger partial charge in [0.1, 0.15) is 17.6 Å². The molecule has 136 valence electrons. The van der Waals surface area contributed by atoms with Crippen molar-refractivity contribution in [1.82, 2.24) is 29.6 Å². The van der Waals surface area contributed by atoms with E-state index in [9.17, 15) is 0 Å². The van der Waals surface area contributed by atoms with Crippen LogP contribution in [0, 0.1) is 11.3 Å². The molecule has 1 atom stereocenters. The number of hydrogen-bond donors (Lipinski definition) is 1. The molecule has 4 heterocycles. The molecule has 0 unspecified atom stereocenters. The van der Waals surface area contributed by atoms with Gasteiger partial charge in [-0.2, -0.15) is 10.4 Å². The van der Waals surface area contributed by atoms with Crippen molar-refractivity contribution in [3.63, 3.8) is 0 Å². The molecule has 0 saturated carbocycles. The number of nitrogens with zero attached hydrogens (tertiary/aromatic N) is 7. The molecular weight excluding hydrogens is 340 g/mol. The zero-order chi connectivity index (χ0) is 18.6. The van der Waals surface area contributed by atoms with Crippen molar-refractivity contribution in [1.29, 1.82) is 5.26 Å². The fourth-order valence-electron chi connectivity index (χ4n) is 3.36. The minimum atomic E-state index is 0.269. The minimum absolute atomic E-state index is 0.269. The number of likely N-dealkylation sites (tertiary alicyclic amines) is 1. The van der Waals surface area contributed by atoms with E-state index in [0.717, 1.165) is 43.0 Å². The molecule has 27 heavy (non-hydrogen) atoms. The number of pyridine rings is 1. The van der Waals surface area contributed by atoms with Crippen LogP contribution in [0.1, 0.15) is 36.0 Å². The maximum Gasteiger partial charge on any atom is 0.148 e. The lowest BCUT2D eigenvalue weighted by molar-refractivity contribution is 0.240. The van der Waals surface area contributed by atoms with Crippen molar-refractivity contribution >= 4 is 11.5 Å². The fourth-order valence-corrected chi connectivity index (χ4v) is 3.36. The van der Waals surface area contributed by atoms with Crippen LogP contribution < -0.4 is 5.32 Å². The summed E-state index contributed by atoms with van der Waals surface area (Å²) >= 11 is 0. The van der Waals surface area contributed by atoms with Crippen LogP contribution in [0.2, 0.25) is 0 Å². The quantitative estimate of drug-likeness (QED) is 0.747. The molecule has 0 spiro atoms. The summed E-state index contributed by atoms with van der Waals surface area (Å²) in [6.07, 6.45) is 9.38. The topological polar surface area (TPSA) is 95.6 Å². The second kappa shape index (κ2) is 7.51. The van der Waals surface area contributed by atoms with Gasteiger partial charge in [0.05, 0.1) is 41.7 Å². The maximum atomic E-state index is 8.80. The molecule has 1 N–H and O–H groups in total. The standard InChI is InChI=1S/C19H20N8/c1-26-8-6-16(25-26)13-27-7-2-3-18(27)17-11-23-19(12-22-17)24-15-5-4-14(9-20)21-10-15/h4-6,8,10-12,18H,2-3,7,13H2,1H3,(H,23,24)/t18-/m1/s1. The number of aromatic nitrogens is 5. The molecule has 3 aromatic rings. The van der Waals surface area contributed by atoms with Gasteiger partial charge in [0.15, 0.2) is 0 Å². The summed E-state index contributed by atoms with van der Waals surface area (Å²) in [6, 6.07) is 7.79. The second-order valence-electron chi connectivity index (χ2n) is 6.60. The molecule has 0 radical (unpaired) electrons. The summed E-state index contributed by atoms with van der Waals surface area (Å²) in [5.41, 5.74) is 3.21. The third kappa shape index (κ3) is 3.93. The Morgan fingerprint density at radius 1 is 1.19 bits per heavy atom. The molecule has 0 amide bonds. The minimum Gasteiger partial charge on any atom is -0.338 e. The molecule has 1 fully saturated rings. The van der Waals surface area contributed by atoms with Gasteiger partial charge in [0.2, 0.25) is 0 Å². The Balaban J connectivity index is 1.43.